The topological polar surface area (TPSA) is 45.4 Å². The number of rotatable bonds is 6. The molecule has 3 nitrogen and oxygen atoms in total. The first-order valence-corrected chi connectivity index (χ1v) is 5.59. The number of aliphatic hydroxyl groups excluding tert-OH is 1. The first-order chi connectivity index (χ1) is 7.51. The van der Waals surface area contributed by atoms with Gasteiger partial charge in [0.1, 0.15) is 18.1 Å². The van der Waals surface area contributed by atoms with E-state index in [1.54, 1.807) is 12.1 Å². The fourth-order valence-electron chi connectivity index (χ4n) is 1.05. The van der Waals surface area contributed by atoms with Gasteiger partial charge >= 0.3 is 5.51 Å². The van der Waals surface area contributed by atoms with E-state index in [1.165, 1.54) is 0 Å². The number of alkyl halides is 3. The molecule has 1 rings (SSSR count). The molecule has 0 aliphatic heterocycles. The van der Waals surface area contributed by atoms with Crippen LogP contribution in [-0.4, -0.2) is 22.9 Å². The summed E-state index contributed by atoms with van der Waals surface area (Å²) in [6.45, 7) is 0.432. The third-order valence-electron chi connectivity index (χ3n) is 1.72. The van der Waals surface area contributed by atoms with Crippen LogP contribution in [0.1, 0.15) is 11.5 Å². The van der Waals surface area contributed by atoms with Crippen LogP contribution in [0.15, 0.2) is 16.5 Å². The summed E-state index contributed by atoms with van der Waals surface area (Å²) < 4.78 is 40.4. The molecule has 0 aliphatic rings. The molecule has 0 atom stereocenters. The maximum absolute atomic E-state index is 11.7. The van der Waals surface area contributed by atoms with E-state index in [0.717, 1.165) is 0 Å². The standard InChI is InChI=1S/C9H12F3NO2S/c10-9(11,12)16-4-3-13-5-7-1-2-8(6-14)15-7/h1-2,13-14H,3-6H2. The zero-order valence-corrected chi connectivity index (χ0v) is 9.20. The highest BCUT2D eigenvalue weighted by Gasteiger charge is 2.27. The molecule has 92 valence electrons. The first kappa shape index (κ1) is 13.4. The zero-order chi connectivity index (χ0) is 12.0. The molecule has 0 unspecified atom stereocenters. The van der Waals surface area contributed by atoms with Crippen molar-refractivity contribution in [2.75, 3.05) is 12.3 Å². The number of nitrogens with one attached hydrogen (secondary N) is 1. The van der Waals surface area contributed by atoms with Gasteiger partial charge in [0.25, 0.3) is 0 Å². The van der Waals surface area contributed by atoms with Gasteiger partial charge in [-0.3, -0.25) is 0 Å². The maximum Gasteiger partial charge on any atom is 0.441 e. The van der Waals surface area contributed by atoms with Crippen LogP contribution in [0, 0.1) is 0 Å². The maximum atomic E-state index is 11.7. The SMILES string of the molecule is OCc1ccc(CNCCSC(F)(F)F)o1. The predicted molar refractivity (Wildman–Crippen MR) is 54.9 cm³/mol. The van der Waals surface area contributed by atoms with Crippen LogP contribution in [-0.2, 0) is 13.2 Å². The Morgan fingerprint density at radius 2 is 2.00 bits per heavy atom. The molecular formula is C9H12F3NO2S. The largest absolute Gasteiger partial charge is 0.462 e. The lowest BCUT2D eigenvalue weighted by Crippen LogP contribution is -2.18. The molecule has 1 aromatic heterocycles. The van der Waals surface area contributed by atoms with Gasteiger partial charge in [-0.15, -0.1) is 0 Å². The molecular weight excluding hydrogens is 243 g/mol. The van der Waals surface area contributed by atoms with Gasteiger partial charge in [0.05, 0.1) is 6.54 Å². The van der Waals surface area contributed by atoms with Gasteiger partial charge in [-0.05, 0) is 23.9 Å². The quantitative estimate of drug-likeness (QED) is 0.764. The van der Waals surface area contributed by atoms with Crippen LogP contribution in [0.25, 0.3) is 0 Å². The predicted octanol–water partition coefficient (Wildman–Crippen LogP) is 2.11. The zero-order valence-electron chi connectivity index (χ0n) is 8.38. The van der Waals surface area contributed by atoms with Crippen molar-refractivity contribution >= 4 is 11.8 Å². The van der Waals surface area contributed by atoms with E-state index >= 15 is 0 Å². The summed E-state index contributed by atoms with van der Waals surface area (Å²) in [5, 5.41) is 11.5. The molecule has 0 radical (unpaired) electrons. The Kier molecular flexibility index (Phi) is 5.17. The van der Waals surface area contributed by atoms with E-state index in [4.69, 9.17) is 9.52 Å². The Balaban J connectivity index is 2.11. The molecule has 0 saturated carbocycles. The second-order valence-electron chi connectivity index (χ2n) is 3.00. The van der Waals surface area contributed by atoms with Crippen molar-refractivity contribution < 1.29 is 22.7 Å². The van der Waals surface area contributed by atoms with Crippen LogP contribution in [0.2, 0.25) is 0 Å². The van der Waals surface area contributed by atoms with Crippen LogP contribution in [0.5, 0.6) is 0 Å². The molecule has 0 bridgehead atoms. The summed E-state index contributed by atoms with van der Waals surface area (Å²) in [6, 6.07) is 3.30. The van der Waals surface area contributed by atoms with Crippen LogP contribution in [0.3, 0.4) is 0 Å². The summed E-state index contributed by atoms with van der Waals surface area (Å²) in [5.41, 5.74) is -4.17. The molecule has 2 N–H and O–H groups in total. The Hall–Kier alpha value is -0.660. The van der Waals surface area contributed by atoms with Gasteiger partial charge < -0.3 is 14.8 Å². The summed E-state index contributed by atoms with van der Waals surface area (Å²) in [6.07, 6.45) is 0. The molecule has 16 heavy (non-hydrogen) atoms. The van der Waals surface area contributed by atoms with Crippen LogP contribution in [0.4, 0.5) is 13.2 Å². The van der Waals surface area contributed by atoms with Crippen molar-refractivity contribution in [1.29, 1.82) is 0 Å². The average Bonchev–Trinajstić information content (AvgIpc) is 2.63. The van der Waals surface area contributed by atoms with Crippen molar-refractivity contribution in [3.8, 4) is 0 Å². The Morgan fingerprint density at radius 3 is 2.56 bits per heavy atom. The minimum atomic E-state index is -4.17. The minimum Gasteiger partial charge on any atom is -0.462 e. The van der Waals surface area contributed by atoms with Crippen LogP contribution >= 0.6 is 11.8 Å². The number of furan rings is 1. The van der Waals surface area contributed by atoms with Gasteiger partial charge in [-0.2, -0.15) is 13.2 Å². The summed E-state index contributed by atoms with van der Waals surface area (Å²) >= 11 is -0.0547. The smallest absolute Gasteiger partial charge is 0.441 e. The van der Waals surface area contributed by atoms with Gasteiger partial charge in [0.15, 0.2) is 0 Å². The number of hydrogen-bond donors (Lipinski definition) is 2. The third kappa shape index (κ3) is 5.43. The van der Waals surface area contributed by atoms with E-state index in [-0.39, 0.29) is 30.7 Å². The van der Waals surface area contributed by atoms with Gasteiger partial charge in [-0.1, -0.05) is 0 Å². The molecule has 0 spiro atoms. The monoisotopic (exact) mass is 255 g/mol. The first-order valence-electron chi connectivity index (χ1n) is 4.61. The number of halogens is 3. The molecule has 0 aromatic carbocycles. The Morgan fingerprint density at radius 1 is 1.31 bits per heavy atom. The fraction of sp³-hybridized carbons (Fsp3) is 0.556. The Bertz CT molecular complexity index is 314. The molecule has 0 aliphatic carbocycles. The molecule has 0 fully saturated rings. The van der Waals surface area contributed by atoms with Gasteiger partial charge in [-0.25, -0.2) is 0 Å². The Labute approximate surface area is 95.0 Å². The highest BCUT2D eigenvalue weighted by molar-refractivity contribution is 8.00. The lowest BCUT2D eigenvalue weighted by Gasteiger charge is -2.05. The fourth-order valence-corrected chi connectivity index (χ4v) is 1.53. The molecule has 7 heteroatoms. The number of aliphatic hydroxyl groups is 1. The minimum absolute atomic E-state index is 0.0307. The lowest BCUT2D eigenvalue weighted by atomic mass is 10.4. The van der Waals surface area contributed by atoms with Crippen molar-refractivity contribution in [3.63, 3.8) is 0 Å². The summed E-state index contributed by atoms with van der Waals surface area (Å²) in [5.74, 6) is 1.01. The number of hydrogen-bond acceptors (Lipinski definition) is 4. The van der Waals surface area contributed by atoms with Crippen molar-refractivity contribution in [2.24, 2.45) is 0 Å². The number of thioether (sulfide) groups is 1. The molecule has 1 heterocycles. The second-order valence-corrected chi connectivity index (χ2v) is 4.16. The van der Waals surface area contributed by atoms with Gasteiger partial charge in [0, 0.05) is 12.3 Å². The van der Waals surface area contributed by atoms with Crippen molar-refractivity contribution in [1.82, 2.24) is 5.32 Å². The molecule has 0 saturated heterocycles. The molecule has 1 aromatic rings. The van der Waals surface area contributed by atoms with E-state index < -0.39 is 5.51 Å². The highest BCUT2D eigenvalue weighted by atomic mass is 32.2. The highest BCUT2D eigenvalue weighted by Crippen LogP contribution is 2.29. The van der Waals surface area contributed by atoms with E-state index in [2.05, 4.69) is 5.32 Å². The average molecular weight is 255 g/mol. The normalized spacial score (nSPS) is 12.0. The summed E-state index contributed by atoms with van der Waals surface area (Å²) in [4.78, 5) is 0. The lowest BCUT2D eigenvalue weighted by molar-refractivity contribution is -0.0327. The second kappa shape index (κ2) is 6.17. The van der Waals surface area contributed by atoms with E-state index in [9.17, 15) is 13.2 Å². The summed E-state index contributed by atoms with van der Waals surface area (Å²) in [7, 11) is 0. The van der Waals surface area contributed by atoms with E-state index in [1.807, 2.05) is 0 Å². The molecule has 0 amide bonds. The van der Waals surface area contributed by atoms with Gasteiger partial charge in [0.2, 0.25) is 0 Å². The van der Waals surface area contributed by atoms with E-state index in [0.29, 0.717) is 18.1 Å². The third-order valence-corrected chi connectivity index (χ3v) is 2.45. The van der Waals surface area contributed by atoms with Crippen molar-refractivity contribution in [3.05, 3.63) is 23.7 Å². The van der Waals surface area contributed by atoms with Crippen LogP contribution < -0.4 is 5.32 Å². The van der Waals surface area contributed by atoms with Crippen molar-refractivity contribution in [2.45, 2.75) is 18.7 Å².